The van der Waals surface area contributed by atoms with E-state index >= 15 is 0 Å². The Morgan fingerprint density at radius 2 is 1.97 bits per heavy atom. The lowest BCUT2D eigenvalue weighted by atomic mass is 9.82. The molecule has 0 bridgehead atoms. The minimum atomic E-state index is -0.767. The summed E-state index contributed by atoms with van der Waals surface area (Å²) in [7, 11) is 0. The molecule has 3 heterocycles. The Labute approximate surface area is 176 Å². The van der Waals surface area contributed by atoms with Crippen LogP contribution in [0.3, 0.4) is 0 Å². The molecule has 4 N–H and O–H groups in total. The normalized spacial score (nSPS) is 24.5. The van der Waals surface area contributed by atoms with Crippen molar-refractivity contribution in [1.29, 1.82) is 0 Å². The van der Waals surface area contributed by atoms with Crippen molar-refractivity contribution in [3.05, 3.63) is 34.9 Å². The van der Waals surface area contributed by atoms with Gasteiger partial charge in [0.25, 0.3) is 5.91 Å². The molecule has 1 aromatic carbocycles. The van der Waals surface area contributed by atoms with Gasteiger partial charge in [-0.25, -0.2) is 0 Å². The number of benzene rings is 1. The van der Waals surface area contributed by atoms with Gasteiger partial charge in [0.1, 0.15) is 6.04 Å². The number of aliphatic hydroxyl groups is 1. The quantitative estimate of drug-likeness (QED) is 0.498. The molecule has 30 heavy (non-hydrogen) atoms. The zero-order chi connectivity index (χ0) is 21.3. The lowest BCUT2D eigenvalue weighted by Crippen LogP contribution is -2.52. The van der Waals surface area contributed by atoms with E-state index in [9.17, 15) is 19.5 Å². The summed E-state index contributed by atoms with van der Waals surface area (Å²) in [4.78, 5) is 38.0. The summed E-state index contributed by atoms with van der Waals surface area (Å²) in [5.74, 6) is -0.568. The van der Waals surface area contributed by atoms with Crippen LogP contribution in [0.5, 0.6) is 0 Å². The fourth-order valence-electron chi connectivity index (χ4n) is 4.76. The molecule has 0 saturated carbocycles. The van der Waals surface area contributed by atoms with E-state index in [1.54, 1.807) is 4.90 Å². The maximum absolute atomic E-state index is 12.9. The zero-order valence-corrected chi connectivity index (χ0v) is 17.4. The van der Waals surface area contributed by atoms with E-state index in [0.717, 1.165) is 37.1 Å². The lowest BCUT2D eigenvalue weighted by molar-refractivity contribution is -0.136. The highest BCUT2D eigenvalue weighted by molar-refractivity contribution is 6.05. The second-order valence-electron chi connectivity index (χ2n) is 8.88. The maximum atomic E-state index is 12.9. The Morgan fingerprint density at radius 1 is 1.20 bits per heavy atom. The van der Waals surface area contributed by atoms with E-state index < -0.39 is 17.6 Å². The second kappa shape index (κ2) is 8.45. The topological polar surface area (TPSA) is 111 Å². The largest absolute Gasteiger partial charge is 0.389 e. The molecule has 0 spiro atoms. The first-order valence-electron chi connectivity index (χ1n) is 10.8. The third kappa shape index (κ3) is 4.26. The van der Waals surface area contributed by atoms with Crippen molar-refractivity contribution in [3.63, 3.8) is 0 Å². The summed E-state index contributed by atoms with van der Waals surface area (Å²) in [5, 5.41) is 19.8. The maximum Gasteiger partial charge on any atom is 0.255 e. The van der Waals surface area contributed by atoms with Gasteiger partial charge >= 0.3 is 0 Å². The van der Waals surface area contributed by atoms with Gasteiger partial charge in [-0.15, -0.1) is 0 Å². The molecular formula is C22H30N4O4. The number of nitrogens with one attached hydrogen (secondary N) is 3. The molecule has 2 saturated heterocycles. The lowest BCUT2D eigenvalue weighted by Gasteiger charge is -2.36. The average Bonchev–Trinajstić information content (AvgIpc) is 3.05. The summed E-state index contributed by atoms with van der Waals surface area (Å²) < 4.78 is 0. The molecule has 2 atom stereocenters. The molecule has 3 aliphatic heterocycles. The van der Waals surface area contributed by atoms with Gasteiger partial charge in [-0.2, -0.15) is 0 Å². The first-order chi connectivity index (χ1) is 14.3. The van der Waals surface area contributed by atoms with Crippen LogP contribution in [0.15, 0.2) is 18.2 Å². The monoisotopic (exact) mass is 414 g/mol. The molecule has 0 aromatic heterocycles. The standard InChI is InChI=1S/C22H30N4O4/c1-22(30,16-6-8-23-9-7-16)13-24-11-14-2-3-15-12-26(21(29)17(15)10-14)18-4-5-19(27)25-20(18)28/h2-3,10,16,18,23-24,30H,4-9,11-13H2,1H3,(H,25,27,28). The summed E-state index contributed by atoms with van der Waals surface area (Å²) >= 11 is 0. The molecule has 2 fully saturated rings. The molecule has 4 rings (SSSR count). The highest BCUT2D eigenvalue weighted by Gasteiger charge is 2.39. The van der Waals surface area contributed by atoms with Gasteiger partial charge in [0.15, 0.2) is 0 Å². The third-order valence-corrected chi connectivity index (χ3v) is 6.62. The number of carbonyl (C=O) groups is 3. The van der Waals surface area contributed by atoms with Crippen molar-refractivity contribution in [3.8, 4) is 0 Å². The predicted molar refractivity (Wildman–Crippen MR) is 110 cm³/mol. The van der Waals surface area contributed by atoms with Crippen molar-refractivity contribution >= 4 is 17.7 Å². The van der Waals surface area contributed by atoms with Crippen LogP contribution in [0, 0.1) is 5.92 Å². The number of piperidine rings is 2. The Morgan fingerprint density at radius 3 is 2.70 bits per heavy atom. The van der Waals surface area contributed by atoms with Crippen LogP contribution in [0.1, 0.15) is 54.1 Å². The molecule has 0 radical (unpaired) electrons. The number of rotatable bonds is 6. The van der Waals surface area contributed by atoms with Crippen molar-refractivity contribution in [2.24, 2.45) is 5.92 Å². The van der Waals surface area contributed by atoms with Crippen LogP contribution in [-0.4, -0.2) is 59.0 Å². The summed E-state index contributed by atoms with van der Waals surface area (Å²) in [6.07, 6.45) is 2.56. The third-order valence-electron chi connectivity index (χ3n) is 6.62. The number of amides is 3. The first kappa shape index (κ1) is 21.0. The van der Waals surface area contributed by atoms with Gasteiger partial charge in [-0.05, 0) is 62.4 Å². The van der Waals surface area contributed by atoms with Gasteiger partial charge in [0.2, 0.25) is 11.8 Å². The predicted octanol–water partition coefficient (Wildman–Crippen LogP) is 0.288. The molecule has 3 amide bonds. The van der Waals surface area contributed by atoms with Crippen molar-refractivity contribution < 1.29 is 19.5 Å². The fraction of sp³-hybridized carbons (Fsp3) is 0.591. The molecule has 0 aliphatic carbocycles. The van der Waals surface area contributed by atoms with Crippen LogP contribution in [-0.2, 0) is 22.7 Å². The van der Waals surface area contributed by atoms with Crippen LogP contribution in [0.2, 0.25) is 0 Å². The highest BCUT2D eigenvalue weighted by atomic mass is 16.3. The van der Waals surface area contributed by atoms with Gasteiger partial charge in [-0.1, -0.05) is 12.1 Å². The molecule has 2 unspecified atom stereocenters. The Kier molecular flexibility index (Phi) is 5.90. The SMILES string of the molecule is CC(O)(CNCc1ccc2c(c1)C(=O)N(C1CCC(=O)NC1=O)C2)C1CCNCC1. The van der Waals surface area contributed by atoms with Gasteiger partial charge in [-0.3, -0.25) is 19.7 Å². The Bertz CT molecular complexity index is 848. The van der Waals surface area contributed by atoms with Crippen LogP contribution in [0.4, 0.5) is 0 Å². The van der Waals surface area contributed by atoms with E-state index in [1.165, 1.54) is 0 Å². The second-order valence-corrected chi connectivity index (χ2v) is 8.88. The number of fused-ring (bicyclic) bond motifs is 1. The fourth-order valence-corrected chi connectivity index (χ4v) is 4.76. The number of nitrogens with zero attached hydrogens (tertiary/aromatic N) is 1. The van der Waals surface area contributed by atoms with E-state index in [0.29, 0.717) is 31.6 Å². The molecule has 3 aliphatic rings. The number of hydrogen-bond acceptors (Lipinski definition) is 6. The minimum Gasteiger partial charge on any atom is -0.389 e. The molecule has 8 heteroatoms. The van der Waals surface area contributed by atoms with Gasteiger partial charge in [0, 0.05) is 31.6 Å². The minimum absolute atomic E-state index is 0.164. The number of carbonyl (C=O) groups excluding carboxylic acids is 3. The molecule has 1 aromatic rings. The van der Waals surface area contributed by atoms with E-state index in [1.807, 2.05) is 25.1 Å². The number of imide groups is 1. The smallest absolute Gasteiger partial charge is 0.255 e. The Balaban J connectivity index is 1.36. The average molecular weight is 415 g/mol. The van der Waals surface area contributed by atoms with E-state index in [-0.39, 0.29) is 24.2 Å². The van der Waals surface area contributed by atoms with Crippen LogP contribution < -0.4 is 16.0 Å². The van der Waals surface area contributed by atoms with Gasteiger partial charge < -0.3 is 20.6 Å². The first-order valence-corrected chi connectivity index (χ1v) is 10.8. The highest BCUT2D eigenvalue weighted by Crippen LogP contribution is 2.29. The van der Waals surface area contributed by atoms with Crippen LogP contribution >= 0.6 is 0 Å². The summed E-state index contributed by atoms with van der Waals surface area (Å²) in [5.41, 5.74) is 1.71. The summed E-state index contributed by atoms with van der Waals surface area (Å²) in [6, 6.07) is 5.19. The Hall–Kier alpha value is -2.29. The van der Waals surface area contributed by atoms with Crippen molar-refractivity contribution in [2.45, 2.75) is 57.3 Å². The van der Waals surface area contributed by atoms with Crippen molar-refractivity contribution in [1.82, 2.24) is 20.9 Å². The van der Waals surface area contributed by atoms with Crippen LogP contribution in [0.25, 0.3) is 0 Å². The van der Waals surface area contributed by atoms with E-state index in [4.69, 9.17) is 0 Å². The zero-order valence-electron chi connectivity index (χ0n) is 17.4. The molecule has 8 nitrogen and oxygen atoms in total. The number of hydrogen-bond donors (Lipinski definition) is 4. The van der Waals surface area contributed by atoms with E-state index in [2.05, 4.69) is 16.0 Å². The summed E-state index contributed by atoms with van der Waals surface area (Å²) in [6.45, 7) is 5.21. The molecule has 162 valence electrons. The van der Waals surface area contributed by atoms with Gasteiger partial charge in [0.05, 0.1) is 5.60 Å². The molecular weight excluding hydrogens is 384 g/mol. The van der Waals surface area contributed by atoms with Crippen molar-refractivity contribution in [2.75, 3.05) is 19.6 Å².